The minimum atomic E-state index is -3.20. The van der Waals surface area contributed by atoms with Crippen molar-refractivity contribution in [2.24, 2.45) is 0 Å². The highest BCUT2D eigenvalue weighted by atomic mass is 35.5. The van der Waals surface area contributed by atoms with Gasteiger partial charge in [-0.1, -0.05) is 11.6 Å². The number of hydrogen-bond acceptors (Lipinski definition) is 4. The van der Waals surface area contributed by atoms with E-state index in [1.807, 2.05) is 0 Å². The average molecular weight is 359 g/mol. The van der Waals surface area contributed by atoms with Gasteiger partial charge in [0.25, 0.3) is 0 Å². The van der Waals surface area contributed by atoms with Crippen LogP contribution >= 0.6 is 11.6 Å². The van der Waals surface area contributed by atoms with Gasteiger partial charge in [-0.15, -0.1) is 0 Å². The van der Waals surface area contributed by atoms with E-state index < -0.39 is 15.8 Å². The fourth-order valence-electron chi connectivity index (χ4n) is 3.38. The summed E-state index contributed by atoms with van der Waals surface area (Å²) in [4.78, 5) is 2.12. The Bertz CT molecular complexity index is 894. The molecule has 1 spiro atoms. The summed E-state index contributed by atoms with van der Waals surface area (Å²) < 4.78 is 38.6. The van der Waals surface area contributed by atoms with Gasteiger partial charge in [0, 0.05) is 19.6 Å². The first-order valence-corrected chi connectivity index (χ1v) is 9.59. The summed E-state index contributed by atoms with van der Waals surface area (Å²) in [5.74, 6) is 0.261. The Balaban J connectivity index is 1.75. The third-order valence-corrected chi connectivity index (χ3v) is 6.28. The molecule has 2 aliphatic rings. The maximum atomic E-state index is 13.5. The number of rotatable bonds is 2. The first-order valence-electron chi connectivity index (χ1n) is 7.36. The summed E-state index contributed by atoms with van der Waals surface area (Å²) in [7, 11) is -3.20. The third-order valence-electron chi connectivity index (χ3n) is 4.73. The lowest BCUT2D eigenvalue weighted by Gasteiger charge is -2.41. The zero-order valence-corrected chi connectivity index (χ0v) is 14.1. The molecule has 1 aliphatic heterocycles. The number of benzene rings is 1. The molecular formula is C14H16ClFN4O2S. The molecule has 1 aromatic carbocycles. The molecule has 0 unspecified atom stereocenters. The van der Waals surface area contributed by atoms with E-state index >= 15 is 0 Å². The van der Waals surface area contributed by atoms with Crippen LogP contribution in [0.15, 0.2) is 12.1 Å². The predicted octanol–water partition coefficient (Wildman–Crippen LogP) is 1.97. The number of piperazine rings is 1. The number of nitrogens with one attached hydrogen (secondary N) is 1. The number of aromatic amines is 1. The number of H-pyrrole nitrogens is 1. The quantitative estimate of drug-likeness (QED) is 0.891. The molecule has 2 fully saturated rings. The van der Waals surface area contributed by atoms with Crippen LogP contribution in [0, 0.1) is 5.82 Å². The molecule has 23 heavy (non-hydrogen) atoms. The molecule has 1 aromatic heterocycles. The summed E-state index contributed by atoms with van der Waals surface area (Å²) in [6.45, 7) is 1.41. The lowest BCUT2D eigenvalue weighted by molar-refractivity contribution is 0.321. The average Bonchev–Trinajstić information content (AvgIpc) is 3.07. The summed E-state index contributed by atoms with van der Waals surface area (Å²) in [6.07, 6.45) is 3.06. The zero-order chi connectivity index (χ0) is 16.4. The highest BCUT2D eigenvalue weighted by Crippen LogP contribution is 2.48. The van der Waals surface area contributed by atoms with Gasteiger partial charge < -0.3 is 4.90 Å². The van der Waals surface area contributed by atoms with Crippen LogP contribution in [0.2, 0.25) is 5.02 Å². The third kappa shape index (κ3) is 2.40. The lowest BCUT2D eigenvalue weighted by atomic mass is 10.1. The Hall–Kier alpha value is -1.38. The number of aromatic nitrogens is 2. The van der Waals surface area contributed by atoms with Crippen LogP contribution in [0.4, 0.5) is 10.2 Å². The van der Waals surface area contributed by atoms with Gasteiger partial charge in [-0.2, -0.15) is 9.40 Å². The van der Waals surface area contributed by atoms with E-state index in [-0.39, 0.29) is 5.54 Å². The van der Waals surface area contributed by atoms with E-state index in [4.69, 9.17) is 11.6 Å². The number of anilines is 1. The van der Waals surface area contributed by atoms with Gasteiger partial charge in [0.05, 0.1) is 27.7 Å². The Morgan fingerprint density at radius 3 is 2.74 bits per heavy atom. The fourth-order valence-corrected chi connectivity index (χ4v) is 4.56. The van der Waals surface area contributed by atoms with E-state index in [0.29, 0.717) is 41.4 Å². The van der Waals surface area contributed by atoms with Crippen molar-refractivity contribution in [3.63, 3.8) is 0 Å². The molecule has 0 atom stereocenters. The monoisotopic (exact) mass is 358 g/mol. The highest BCUT2D eigenvalue weighted by Gasteiger charge is 2.53. The summed E-state index contributed by atoms with van der Waals surface area (Å²) in [5.41, 5.74) is 0.326. The van der Waals surface area contributed by atoms with Gasteiger partial charge in [0.2, 0.25) is 10.0 Å². The van der Waals surface area contributed by atoms with Crippen LogP contribution in [0.1, 0.15) is 12.8 Å². The molecule has 0 amide bonds. The number of nitrogens with zero attached hydrogens (tertiary/aromatic N) is 3. The Kier molecular flexibility index (Phi) is 3.17. The number of hydrogen-bond donors (Lipinski definition) is 1. The van der Waals surface area contributed by atoms with Gasteiger partial charge in [0.15, 0.2) is 5.82 Å². The van der Waals surface area contributed by atoms with Gasteiger partial charge in [-0.05, 0) is 25.0 Å². The summed E-state index contributed by atoms with van der Waals surface area (Å²) in [5, 5.41) is 8.15. The van der Waals surface area contributed by atoms with Crippen LogP contribution in [0.3, 0.4) is 0 Å². The van der Waals surface area contributed by atoms with Gasteiger partial charge in [-0.25, -0.2) is 12.8 Å². The van der Waals surface area contributed by atoms with E-state index in [1.165, 1.54) is 22.7 Å². The van der Waals surface area contributed by atoms with Crippen LogP contribution in [-0.4, -0.2) is 54.3 Å². The predicted molar refractivity (Wildman–Crippen MR) is 86.8 cm³/mol. The maximum Gasteiger partial charge on any atom is 0.211 e. The van der Waals surface area contributed by atoms with Crippen molar-refractivity contribution in [3.05, 3.63) is 23.0 Å². The number of sulfonamides is 1. The van der Waals surface area contributed by atoms with Gasteiger partial charge in [0.1, 0.15) is 5.82 Å². The van der Waals surface area contributed by atoms with Gasteiger partial charge in [-0.3, -0.25) is 5.10 Å². The highest BCUT2D eigenvalue weighted by molar-refractivity contribution is 7.88. The van der Waals surface area contributed by atoms with Crippen molar-refractivity contribution < 1.29 is 12.8 Å². The molecule has 124 valence electrons. The molecule has 4 rings (SSSR count). The van der Waals surface area contributed by atoms with Crippen molar-refractivity contribution in [2.45, 2.75) is 18.4 Å². The SMILES string of the molecule is CS(=O)(=O)N1CCN(c2n[nH]c3cc(F)cc(Cl)c23)C2(CC2)C1. The number of halogens is 2. The topological polar surface area (TPSA) is 69.3 Å². The molecule has 0 radical (unpaired) electrons. The first kappa shape index (κ1) is 15.2. The van der Waals surface area contributed by atoms with Crippen molar-refractivity contribution >= 4 is 38.3 Å². The Morgan fingerprint density at radius 1 is 1.35 bits per heavy atom. The molecule has 1 aliphatic carbocycles. The second-order valence-corrected chi connectivity index (χ2v) is 8.72. The summed E-state index contributed by atoms with van der Waals surface area (Å²) >= 11 is 6.21. The van der Waals surface area contributed by atoms with Crippen LogP contribution < -0.4 is 4.90 Å². The first-order chi connectivity index (χ1) is 10.8. The van der Waals surface area contributed by atoms with Crippen LogP contribution in [-0.2, 0) is 10.0 Å². The van der Waals surface area contributed by atoms with E-state index in [1.54, 1.807) is 0 Å². The Labute approximate surface area is 138 Å². The van der Waals surface area contributed by atoms with E-state index in [2.05, 4.69) is 15.1 Å². The normalized spacial score (nSPS) is 21.3. The fraction of sp³-hybridized carbons (Fsp3) is 0.500. The molecule has 2 heterocycles. The minimum absolute atomic E-state index is 0.221. The lowest BCUT2D eigenvalue weighted by Crippen LogP contribution is -2.56. The molecule has 1 N–H and O–H groups in total. The summed E-state index contributed by atoms with van der Waals surface area (Å²) in [6, 6.07) is 2.64. The second-order valence-electron chi connectivity index (χ2n) is 6.33. The molecular weight excluding hydrogens is 343 g/mol. The zero-order valence-electron chi connectivity index (χ0n) is 12.5. The maximum absolute atomic E-state index is 13.5. The molecule has 9 heteroatoms. The minimum Gasteiger partial charge on any atom is -0.346 e. The van der Waals surface area contributed by atoms with Crippen molar-refractivity contribution in [1.29, 1.82) is 0 Å². The Morgan fingerprint density at radius 2 is 2.09 bits per heavy atom. The molecule has 2 aromatic rings. The molecule has 1 saturated carbocycles. The molecule has 6 nitrogen and oxygen atoms in total. The van der Waals surface area contributed by atoms with Crippen LogP contribution in [0.25, 0.3) is 10.9 Å². The van der Waals surface area contributed by atoms with E-state index in [0.717, 1.165) is 12.8 Å². The van der Waals surface area contributed by atoms with Crippen molar-refractivity contribution in [2.75, 3.05) is 30.8 Å². The second kappa shape index (κ2) is 4.81. The van der Waals surface area contributed by atoms with Crippen LogP contribution in [0.5, 0.6) is 0 Å². The smallest absolute Gasteiger partial charge is 0.211 e. The molecule has 0 bridgehead atoms. The van der Waals surface area contributed by atoms with Gasteiger partial charge >= 0.3 is 0 Å². The number of fused-ring (bicyclic) bond motifs is 1. The van der Waals surface area contributed by atoms with Crippen molar-refractivity contribution in [1.82, 2.24) is 14.5 Å². The molecule has 1 saturated heterocycles. The van der Waals surface area contributed by atoms with Crippen molar-refractivity contribution in [3.8, 4) is 0 Å². The van der Waals surface area contributed by atoms with E-state index in [9.17, 15) is 12.8 Å². The largest absolute Gasteiger partial charge is 0.346 e. The standard InChI is InChI=1S/C14H16ClFN4O2S/c1-23(21,22)19-4-5-20(14(8-19)2-3-14)13-12-10(15)6-9(16)7-11(12)17-18-13/h6-7H,2-5,8H2,1H3,(H,17,18).